The molecule has 1 heterocycles. The van der Waals surface area contributed by atoms with Crippen molar-refractivity contribution in [2.24, 2.45) is 5.92 Å². The number of nitrogens with zero attached hydrogens (tertiary/aromatic N) is 1. The number of amides is 1. The van der Waals surface area contributed by atoms with Crippen molar-refractivity contribution in [3.8, 4) is 0 Å². The van der Waals surface area contributed by atoms with Crippen LogP contribution in [0.2, 0.25) is 0 Å². The zero-order valence-electron chi connectivity index (χ0n) is 14.6. The van der Waals surface area contributed by atoms with Crippen LogP contribution in [0.4, 0.5) is 13.6 Å². The highest BCUT2D eigenvalue weighted by Gasteiger charge is 2.43. The van der Waals surface area contributed by atoms with Crippen LogP contribution in [-0.2, 0) is 9.53 Å². The third-order valence-electron chi connectivity index (χ3n) is 4.03. The van der Waals surface area contributed by atoms with Gasteiger partial charge >= 0.3 is 6.09 Å². The van der Waals surface area contributed by atoms with Gasteiger partial charge in [0.1, 0.15) is 28.9 Å². The van der Waals surface area contributed by atoms with Crippen LogP contribution in [0.1, 0.15) is 44.5 Å². The van der Waals surface area contributed by atoms with Crippen molar-refractivity contribution in [1.82, 2.24) is 4.90 Å². The predicted octanol–water partition coefficient (Wildman–Crippen LogP) is 3.36. The number of hydrogen-bond acceptors (Lipinski definition) is 4. The third kappa shape index (κ3) is 4.21. The van der Waals surface area contributed by atoms with E-state index in [1.54, 1.807) is 27.7 Å². The van der Waals surface area contributed by atoms with Gasteiger partial charge in [-0.3, -0.25) is 9.59 Å². The third-order valence-corrected chi connectivity index (χ3v) is 4.03. The van der Waals surface area contributed by atoms with E-state index in [0.717, 1.165) is 12.1 Å². The Kier molecular flexibility index (Phi) is 5.25. The Labute approximate surface area is 144 Å². The molecule has 0 radical (unpaired) electrons. The molecule has 1 aromatic rings. The zero-order valence-corrected chi connectivity index (χ0v) is 14.6. The molecule has 5 nitrogen and oxygen atoms in total. The maximum absolute atomic E-state index is 13.9. The van der Waals surface area contributed by atoms with Crippen molar-refractivity contribution in [2.45, 2.75) is 45.8 Å². The first-order valence-corrected chi connectivity index (χ1v) is 8.03. The molecule has 2 atom stereocenters. The largest absolute Gasteiger partial charge is 0.444 e. The molecule has 0 spiro atoms. The van der Waals surface area contributed by atoms with E-state index in [0.29, 0.717) is 6.07 Å². The second-order valence-electron chi connectivity index (χ2n) is 7.10. The van der Waals surface area contributed by atoms with E-state index in [1.165, 1.54) is 4.90 Å². The molecular weight excluding hydrogens is 332 g/mol. The fourth-order valence-electron chi connectivity index (χ4n) is 2.84. The lowest BCUT2D eigenvalue weighted by molar-refractivity contribution is -0.126. The van der Waals surface area contributed by atoms with Crippen molar-refractivity contribution in [3.63, 3.8) is 0 Å². The number of ether oxygens (including phenoxy) is 1. The van der Waals surface area contributed by atoms with Crippen molar-refractivity contribution in [3.05, 3.63) is 35.4 Å². The minimum Gasteiger partial charge on any atom is -0.444 e. The number of hydrogen-bond donors (Lipinski definition) is 0. The molecule has 1 aliphatic heterocycles. The molecule has 1 aliphatic rings. The topological polar surface area (TPSA) is 63.7 Å². The first-order valence-electron chi connectivity index (χ1n) is 8.03. The van der Waals surface area contributed by atoms with Crippen LogP contribution in [0, 0.1) is 17.6 Å². The van der Waals surface area contributed by atoms with E-state index in [4.69, 9.17) is 4.74 Å². The maximum atomic E-state index is 13.9. The van der Waals surface area contributed by atoms with Crippen LogP contribution < -0.4 is 0 Å². The van der Waals surface area contributed by atoms with Crippen LogP contribution in [0.3, 0.4) is 0 Å². The Morgan fingerprint density at radius 1 is 1.24 bits per heavy atom. The lowest BCUT2D eigenvalue weighted by Gasteiger charge is -2.38. The molecule has 0 N–H and O–H groups in total. The van der Waals surface area contributed by atoms with Gasteiger partial charge in [-0.1, -0.05) is 0 Å². The van der Waals surface area contributed by atoms with E-state index >= 15 is 0 Å². The SMILES string of the molecule is CC1C(C(=O)c2ccc(F)cc2F)C(=O)CCN1C(=O)OC(C)(C)C. The lowest BCUT2D eigenvalue weighted by Crippen LogP contribution is -2.54. The summed E-state index contributed by atoms with van der Waals surface area (Å²) in [5.74, 6) is -4.18. The Balaban J connectivity index is 2.28. The molecule has 1 fully saturated rings. The summed E-state index contributed by atoms with van der Waals surface area (Å²) in [4.78, 5) is 38.5. The Hall–Kier alpha value is -2.31. The van der Waals surface area contributed by atoms with Gasteiger partial charge in [0.05, 0.1) is 5.56 Å². The van der Waals surface area contributed by atoms with Crippen LogP contribution in [-0.4, -0.2) is 40.7 Å². The predicted molar refractivity (Wildman–Crippen MR) is 86.2 cm³/mol. The van der Waals surface area contributed by atoms with Crippen LogP contribution in [0.25, 0.3) is 0 Å². The molecule has 136 valence electrons. The number of carbonyl (C=O) groups is 3. The van der Waals surface area contributed by atoms with Crippen molar-refractivity contribution in [1.29, 1.82) is 0 Å². The summed E-state index contributed by atoms with van der Waals surface area (Å²) in [7, 11) is 0. The number of rotatable bonds is 2. The molecule has 0 aromatic heterocycles. The molecule has 1 saturated heterocycles. The second kappa shape index (κ2) is 6.90. The van der Waals surface area contributed by atoms with E-state index in [2.05, 4.69) is 0 Å². The summed E-state index contributed by atoms with van der Waals surface area (Å²) >= 11 is 0. The summed E-state index contributed by atoms with van der Waals surface area (Å²) in [6.45, 7) is 6.80. The van der Waals surface area contributed by atoms with Gasteiger partial charge in [-0.05, 0) is 39.8 Å². The Morgan fingerprint density at radius 2 is 1.88 bits per heavy atom. The number of halogens is 2. The Bertz CT molecular complexity index is 712. The molecule has 2 unspecified atom stereocenters. The average Bonchev–Trinajstić information content (AvgIpc) is 2.45. The molecule has 0 aliphatic carbocycles. The van der Waals surface area contributed by atoms with Gasteiger partial charge in [-0.25, -0.2) is 13.6 Å². The second-order valence-corrected chi connectivity index (χ2v) is 7.10. The van der Waals surface area contributed by atoms with Gasteiger partial charge in [-0.2, -0.15) is 0 Å². The number of Topliss-reactive ketones (excluding diaryl/α,β-unsaturated/α-hetero) is 2. The molecule has 1 amide bonds. The molecule has 25 heavy (non-hydrogen) atoms. The summed E-state index contributed by atoms with van der Waals surface area (Å²) in [6, 6.07) is 1.78. The van der Waals surface area contributed by atoms with Crippen molar-refractivity contribution >= 4 is 17.7 Å². The van der Waals surface area contributed by atoms with Gasteiger partial charge in [0.2, 0.25) is 0 Å². The monoisotopic (exact) mass is 353 g/mol. The number of carbonyl (C=O) groups excluding carboxylic acids is 3. The quantitative estimate of drug-likeness (QED) is 0.604. The number of ketones is 2. The first-order chi connectivity index (χ1) is 11.5. The summed E-state index contributed by atoms with van der Waals surface area (Å²) in [6.07, 6.45) is -0.659. The van der Waals surface area contributed by atoms with Gasteiger partial charge in [0.25, 0.3) is 0 Å². The molecule has 1 aromatic carbocycles. The van der Waals surface area contributed by atoms with Gasteiger partial charge < -0.3 is 9.64 Å². The minimum atomic E-state index is -1.21. The van der Waals surface area contributed by atoms with E-state index in [-0.39, 0.29) is 24.3 Å². The molecule has 2 rings (SSSR count). The number of likely N-dealkylation sites (tertiary alicyclic amines) is 1. The minimum absolute atomic E-state index is 0.0250. The fraction of sp³-hybridized carbons (Fsp3) is 0.500. The van der Waals surface area contributed by atoms with E-state index in [9.17, 15) is 23.2 Å². The van der Waals surface area contributed by atoms with Crippen molar-refractivity contribution in [2.75, 3.05) is 6.54 Å². The number of benzene rings is 1. The first kappa shape index (κ1) is 19.0. The standard InChI is InChI=1S/C18H21F2NO4/c1-10-15(16(23)12-6-5-11(19)9-13(12)20)14(22)7-8-21(10)17(24)25-18(2,3)4/h5-6,9-10,15H,7-8H2,1-4H3. The highest BCUT2D eigenvalue weighted by molar-refractivity contribution is 6.12. The highest BCUT2D eigenvalue weighted by Crippen LogP contribution is 2.27. The molecule has 0 bridgehead atoms. The smallest absolute Gasteiger partial charge is 0.410 e. The summed E-state index contributed by atoms with van der Waals surface area (Å²) in [5.41, 5.74) is -1.08. The van der Waals surface area contributed by atoms with E-state index < -0.39 is 41.1 Å². The molecule has 0 saturated carbocycles. The van der Waals surface area contributed by atoms with Crippen molar-refractivity contribution < 1.29 is 27.9 Å². The van der Waals surface area contributed by atoms with Crippen LogP contribution in [0.15, 0.2) is 18.2 Å². The zero-order chi connectivity index (χ0) is 18.9. The molecular formula is C18H21F2NO4. The fourth-order valence-corrected chi connectivity index (χ4v) is 2.84. The van der Waals surface area contributed by atoms with Gasteiger partial charge in [0.15, 0.2) is 5.78 Å². The van der Waals surface area contributed by atoms with Gasteiger partial charge in [-0.15, -0.1) is 0 Å². The summed E-state index contributed by atoms with van der Waals surface area (Å²) in [5, 5.41) is 0. The maximum Gasteiger partial charge on any atom is 0.410 e. The highest BCUT2D eigenvalue weighted by atomic mass is 19.1. The van der Waals surface area contributed by atoms with Crippen LogP contribution >= 0.6 is 0 Å². The average molecular weight is 353 g/mol. The van der Waals surface area contributed by atoms with E-state index in [1.807, 2.05) is 0 Å². The number of piperidine rings is 1. The normalized spacial score (nSPS) is 21.2. The lowest BCUT2D eigenvalue weighted by atomic mass is 9.83. The molecule has 7 heteroatoms. The summed E-state index contributed by atoms with van der Waals surface area (Å²) < 4.78 is 32.3. The Morgan fingerprint density at radius 3 is 2.44 bits per heavy atom. The van der Waals surface area contributed by atoms with Crippen LogP contribution in [0.5, 0.6) is 0 Å². The van der Waals surface area contributed by atoms with Gasteiger partial charge in [0, 0.05) is 25.1 Å².